The molecule has 0 bridgehead atoms. The summed E-state index contributed by atoms with van der Waals surface area (Å²) in [7, 11) is 0. The van der Waals surface area contributed by atoms with E-state index in [1.54, 1.807) is 24.3 Å². The number of rotatable bonds is 7. The van der Waals surface area contributed by atoms with Crippen molar-refractivity contribution in [3.05, 3.63) is 88.6 Å². The van der Waals surface area contributed by atoms with E-state index in [1.807, 2.05) is 57.2 Å². The zero-order valence-corrected chi connectivity index (χ0v) is 19.0. The molecule has 1 aromatic heterocycles. The lowest BCUT2D eigenvalue weighted by atomic mass is 10.1. The van der Waals surface area contributed by atoms with Crippen LogP contribution in [0.1, 0.15) is 45.7 Å². The molecule has 162 valence electrons. The fourth-order valence-electron chi connectivity index (χ4n) is 3.25. The lowest BCUT2D eigenvalue weighted by molar-refractivity contribution is -0.113. The predicted molar refractivity (Wildman–Crippen MR) is 127 cm³/mol. The number of thioether (sulfide) groups is 1. The second kappa shape index (κ2) is 10.6. The zero-order chi connectivity index (χ0) is 23.1. The Balaban J connectivity index is 1.68. The molecule has 0 aliphatic rings. The van der Waals surface area contributed by atoms with Crippen LogP contribution in [0.25, 0.3) is 0 Å². The molecule has 2 amide bonds. The van der Waals surface area contributed by atoms with Gasteiger partial charge in [-0.1, -0.05) is 54.2 Å². The summed E-state index contributed by atoms with van der Waals surface area (Å²) in [5.74, 6) is -0.482. The standard InChI is InChI=1S/C25H24N4O2S/c1-16-13-17(2)27-25(21(16)14-26)32-15-23(30)29-22-12-8-7-11-20(22)24(31)28-18(3)19-9-5-4-6-10-19/h4-13,18H,15H2,1-3H3,(H,28,31)(H,29,30). The highest BCUT2D eigenvalue weighted by atomic mass is 32.2. The number of nitriles is 1. The molecular formula is C25H24N4O2S. The highest BCUT2D eigenvalue weighted by Gasteiger charge is 2.17. The van der Waals surface area contributed by atoms with Gasteiger partial charge in [0.2, 0.25) is 5.91 Å². The van der Waals surface area contributed by atoms with E-state index in [-0.39, 0.29) is 23.6 Å². The second-order valence-corrected chi connectivity index (χ2v) is 8.32. The number of carbonyl (C=O) groups excluding carboxylic acids is 2. The number of hydrogen-bond acceptors (Lipinski definition) is 5. The minimum atomic E-state index is -0.281. The Morgan fingerprint density at radius 3 is 2.50 bits per heavy atom. The summed E-state index contributed by atoms with van der Waals surface area (Å²) in [6.45, 7) is 5.61. The van der Waals surface area contributed by atoms with Gasteiger partial charge in [-0.3, -0.25) is 9.59 Å². The maximum atomic E-state index is 12.9. The van der Waals surface area contributed by atoms with Gasteiger partial charge in [0.15, 0.2) is 0 Å². The van der Waals surface area contributed by atoms with Gasteiger partial charge in [-0.05, 0) is 50.1 Å². The van der Waals surface area contributed by atoms with Crippen molar-refractivity contribution in [1.82, 2.24) is 10.3 Å². The lowest BCUT2D eigenvalue weighted by Crippen LogP contribution is -2.28. The normalized spacial score (nSPS) is 11.3. The van der Waals surface area contributed by atoms with Gasteiger partial charge in [0.1, 0.15) is 11.1 Å². The number of aryl methyl sites for hydroxylation is 2. The van der Waals surface area contributed by atoms with E-state index in [4.69, 9.17) is 0 Å². The number of nitrogens with one attached hydrogen (secondary N) is 2. The fraction of sp³-hybridized carbons (Fsp3) is 0.200. The molecule has 0 aliphatic carbocycles. The number of amides is 2. The van der Waals surface area contributed by atoms with Crippen LogP contribution in [0, 0.1) is 25.2 Å². The monoisotopic (exact) mass is 444 g/mol. The Morgan fingerprint density at radius 1 is 1.09 bits per heavy atom. The topological polar surface area (TPSA) is 94.9 Å². The summed E-state index contributed by atoms with van der Waals surface area (Å²) < 4.78 is 0. The number of pyridine rings is 1. The van der Waals surface area contributed by atoms with Crippen molar-refractivity contribution >= 4 is 29.3 Å². The van der Waals surface area contributed by atoms with Gasteiger partial charge in [0, 0.05) is 5.69 Å². The van der Waals surface area contributed by atoms with Crippen LogP contribution in [0.5, 0.6) is 0 Å². The number of anilines is 1. The highest BCUT2D eigenvalue weighted by molar-refractivity contribution is 8.00. The Hall–Kier alpha value is -3.63. The van der Waals surface area contributed by atoms with Crippen LogP contribution in [0.2, 0.25) is 0 Å². The third-order valence-electron chi connectivity index (χ3n) is 4.86. The smallest absolute Gasteiger partial charge is 0.253 e. The maximum Gasteiger partial charge on any atom is 0.253 e. The summed E-state index contributed by atoms with van der Waals surface area (Å²) >= 11 is 1.20. The van der Waals surface area contributed by atoms with Gasteiger partial charge in [0.25, 0.3) is 5.91 Å². The molecule has 0 spiro atoms. The van der Waals surface area contributed by atoms with E-state index in [0.717, 1.165) is 16.8 Å². The van der Waals surface area contributed by atoms with Crippen molar-refractivity contribution in [1.29, 1.82) is 5.26 Å². The SMILES string of the molecule is Cc1cc(C)c(C#N)c(SCC(=O)Nc2ccccc2C(=O)NC(C)c2ccccc2)n1. The molecular weight excluding hydrogens is 420 g/mol. The molecule has 2 N–H and O–H groups in total. The first-order valence-electron chi connectivity index (χ1n) is 10.1. The molecule has 6 nitrogen and oxygen atoms in total. The Morgan fingerprint density at radius 2 is 1.78 bits per heavy atom. The van der Waals surface area contributed by atoms with Crippen molar-refractivity contribution in [2.45, 2.75) is 31.8 Å². The number of para-hydroxylation sites is 1. The van der Waals surface area contributed by atoms with Gasteiger partial charge >= 0.3 is 0 Å². The number of nitrogens with zero attached hydrogens (tertiary/aromatic N) is 2. The largest absolute Gasteiger partial charge is 0.345 e. The van der Waals surface area contributed by atoms with Crippen molar-refractivity contribution in [3.63, 3.8) is 0 Å². The summed E-state index contributed by atoms with van der Waals surface area (Å²) in [6, 6.07) is 20.4. The molecule has 0 saturated heterocycles. The molecule has 32 heavy (non-hydrogen) atoms. The van der Waals surface area contributed by atoms with Crippen LogP contribution in [0.3, 0.4) is 0 Å². The summed E-state index contributed by atoms with van der Waals surface area (Å²) in [5, 5.41) is 15.7. The Labute approximate surface area is 192 Å². The molecule has 0 fully saturated rings. The van der Waals surface area contributed by atoms with Gasteiger partial charge in [-0.15, -0.1) is 0 Å². The van der Waals surface area contributed by atoms with Gasteiger partial charge in [-0.2, -0.15) is 5.26 Å². The van der Waals surface area contributed by atoms with Crippen LogP contribution in [-0.2, 0) is 4.79 Å². The minimum absolute atomic E-state index is 0.0704. The first kappa shape index (κ1) is 23.0. The van der Waals surface area contributed by atoms with Crippen molar-refractivity contribution < 1.29 is 9.59 Å². The molecule has 7 heteroatoms. The van der Waals surface area contributed by atoms with Crippen LogP contribution < -0.4 is 10.6 Å². The van der Waals surface area contributed by atoms with Crippen molar-refractivity contribution in [2.75, 3.05) is 11.1 Å². The number of benzene rings is 2. The Bertz CT molecular complexity index is 1170. The number of aromatic nitrogens is 1. The third-order valence-corrected chi connectivity index (χ3v) is 5.83. The average molecular weight is 445 g/mol. The second-order valence-electron chi connectivity index (χ2n) is 7.36. The molecule has 2 aromatic carbocycles. The van der Waals surface area contributed by atoms with Crippen LogP contribution in [-0.4, -0.2) is 22.6 Å². The fourth-order valence-corrected chi connectivity index (χ4v) is 4.15. The number of carbonyl (C=O) groups is 2. The van der Waals surface area contributed by atoms with E-state index < -0.39 is 0 Å². The zero-order valence-electron chi connectivity index (χ0n) is 18.2. The van der Waals surface area contributed by atoms with Crippen LogP contribution in [0.4, 0.5) is 5.69 Å². The summed E-state index contributed by atoms with van der Waals surface area (Å²) in [5.41, 5.74) is 3.91. The molecule has 3 aromatic rings. The maximum absolute atomic E-state index is 12.9. The van der Waals surface area contributed by atoms with Gasteiger partial charge < -0.3 is 10.6 Å². The third kappa shape index (κ3) is 5.74. The van der Waals surface area contributed by atoms with Crippen molar-refractivity contribution in [2.24, 2.45) is 0 Å². The van der Waals surface area contributed by atoms with E-state index in [2.05, 4.69) is 21.7 Å². The lowest BCUT2D eigenvalue weighted by Gasteiger charge is -2.16. The van der Waals surface area contributed by atoms with Crippen LogP contribution in [0.15, 0.2) is 65.7 Å². The average Bonchev–Trinajstić information content (AvgIpc) is 2.78. The predicted octanol–water partition coefficient (Wildman–Crippen LogP) is 4.79. The molecule has 3 rings (SSSR count). The van der Waals surface area contributed by atoms with Gasteiger partial charge in [0.05, 0.1) is 28.6 Å². The van der Waals surface area contributed by atoms with E-state index in [1.165, 1.54) is 11.8 Å². The van der Waals surface area contributed by atoms with Crippen molar-refractivity contribution in [3.8, 4) is 6.07 Å². The minimum Gasteiger partial charge on any atom is -0.345 e. The highest BCUT2D eigenvalue weighted by Crippen LogP contribution is 2.24. The molecule has 1 unspecified atom stereocenters. The van der Waals surface area contributed by atoms with E-state index in [0.29, 0.717) is 21.8 Å². The molecule has 0 saturated carbocycles. The first-order chi connectivity index (χ1) is 15.4. The van der Waals surface area contributed by atoms with E-state index in [9.17, 15) is 14.9 Å². The molecule has 1 atom stereocenters. The quantitative estimate of drug-likeness (QED) is 0.511. The molecule has 0 radical (unpaired) electrons. The molecule has 1 heterocycles. The van der Waals surface area contributed by atoms with E-state index >= 15 is 0 Å². The molecule has 0 aliphatic heterocycles. The first-order valence-corrected chi connectivity index (χ1v) is 11.1. The van der Waals surface area contributed by atoms with Gasteiger partial charge in [-0.25, -0.2) is 4.98 Å². The summed E-state index contributed by atoms with van der Waals surface area (Å²) in [4.78, 5) is 29.8. The number of hydrogen-bond donors (Lipinski definition) is 2. The van der Waals surface area contributed by atoms with Crippen LogP contribution >= 0.6 is 11.8 Å². The summed E-state index contributed by atoms with van der Waals surface area (Å²) in [6.07, 6.45) is 0. The Kier molecular flexibility index (Phi) is 7.63.